The first-order valence-electron chi connectivity index (χ1n) is 6.74. The Bertz CT molecular complexity index is 243. The SMILES string of the molecule is CSCCCC1(C(=O)O)CCC(C(C)C)CC1. The van der Waals surface area contributed by atoms with Gasteiger partial charge in [0.25, 0.3) is 0 Å². The number of aliphatic carboxylic acids is 1. The maximum atomic E-state index is 11.5. The molecule has 3 heteroatoms. The van der Waals surface area contributed by atoms with Gasteiger partial charge in [-0.25, -0.2) is 0 Å². The molecule has 17 heavy (non-hydrogen) atoms. The van der Waals surface area contributed by atoms with Crippen LogP contribution in [0.25, 0.3) is 0 Å². The van der Waals surface area contributed by atoms with Gasteiger partial charge in [-0.05, 0) is 62.4 Å². The lowest BCUT2D eigenvalue weighted by Gasteiger charge is -2.38. The van der Waals surface area contributed by atoms with Gasteiger partial charge in [0.15, 0.2) is 0 Å². The van der Waals surface area contributed by atoms with Crippen LogP contribution in [0.3, 0.4) is 0 Å². The number of rotatable bonds is 6. The normalized spacial score (nSPS) is 29.5. The molecule has 0 amide bonds. The van der Waals surface area contributed by atoms with E-state index in [1.165, 1.54) is 0 Å². The highest BCUT2D eigenvalue weighted by molar-refractivity contribution is 7.98. The summed E-state index contributed by atoms with van der Waals surface area (Å²) in [5, 5.41) is 9.51. The first-order valence-corrected chi connectivity index (χ1v) is 8.13. The molecule has 0 aliphatic heterocycles. The van der Waals surface area contributed by atoms with Crippen molar-refractivity contribution in [2.75, 3.05) is 12.0 Å². The van der Waals surface area contributed by atoms with E-state index in [4.69, 9.17) is 0 Å². The second-order valence-electron chi connectivity index (χ2n) is 5.76. The summed E-state index contributed by atoms with van der Waals surface area (Å²) in [7, 11) is 0. The van der Waals surface area contributed by atoms with Crippen molar-refractivity contribution in [3.8, 4) is 0 Å². The molecule has 0 aromatic rings. The Morgan fingerprint density at radius 2 is 2.00 bits per heavy atom. The summed E-state index contributed by atoms with van der Waals surface area (Å²) in [6.45, 7) is 4.51. The number of carbonyl (C=O) groups is 1. The van der Waals surface area contributed by atoms with E-state index in [1.54, 1.807) is 0 Å². The fraction of sp³-hybridized carbons (Fsp3) is 0.929. The van der Waals surface area contributed by atoms with E-state index in [2.05, 4.69) is 20.1 Å². The third-order valence-electron chi connectivity index (χ3n) is 4.39. The van der Waals surface area contributed by atoms with Crippen molar-refractivity contribution in [2.45, 2.75) is 52.4 Å². The Morgan fingerprint density at radius 1 is 1.41 bits per heavy atom. The number of carboxylic acids is 1. The van der Waals surface area contributed by atoms with Gasteiger partial charge < -0.3 is 5.11 Å². The molecule has 0 radical (unpaired) electrons. The van der Waals surface area contributed by atoms with Gasteiger partial charge in [0.2, 0.25) is 0 Å². The number of thioether (sulfide) groups is 1. The van der Waals surface area contributed by atoms with Crippen LogP contribution >= 0.6 is 11.8 Å². The molecule has 2 nitrogen and oxygen atoms in total. The minimum atomic E-state index is -0.555. The van der Waals surface area contributed by atoms with E-state index >= 15 is 0 Å². The summed E-state index contributed by atoms with van der Waals surface area (Å²) in [6, 6.07) is 0. The molecule has 0 heterocycles. The molecule has 0 unspecified atom stereocenters. The fourth-order valence-corrected chi connectivity index (χ4v) is 3.42. The van der Waals surface area contributed by atoms with Crippen molar-refractivity contribution >= 4 is 17.7 Å². The second-order valence-corrected chi connectivity index (χ2v) is 6.75. The maximum Gasteiger partial charge on any atom is 0.309 e. The highest BCUT2D eigenvalue weighted by Gasteiger charge is 2.41. The zero-order chi connectivity index (χ0) is 12.9. The van der Waals surface area contributed by atoms with Crippen LogP contribution < -0.4 is 0 Å². The van der Waals surface area contributed by atoms with Crippen LogP contribution in [0.1, 0.15) is 52.4 Å². The lowest BCUT2D eigenvalue weighted by atomic mass is 9.66. The Labute approximate surface area is 110 Å². The standard InChI is InChI=1S/C14H26O2S/c1-11(2)12-5-8-14(9-6-12,13(15)16)7-4-10-17-3/h11-12H,4-10H2,1-3H3,(H,15,16). The van der Waals surface area contributed by atoms with Crippen LogP contribution in [0.4, 0.5) is 0 Å². The molecular formula is C14H26O2S. The van der Waals surface area contributed by atoms with E-state index < -0.39 is 11.4 Å². The molecule has 0 saturated heterocycles. The van der Waals surface area contributed by atoms with E-state index in [0.29, 0.717) is 5.92 Å². The highest BCUT2D eigenvalue weighted by Crippen LogP contribution is 2.44. The van der Waals surface area contributed by atoms with Gasteiger partial charge >= 0.3 is 5.97 Å². The van der Waals surface area contributed by atoms with Crippen molar-refractivity contribution in [3.05, 3.63) is 0 Å². The average molecular weight is 258 g/mol. The second kappa shape index (κ2) is 6.67. The minimum Gasteiger partial charge on any atom is -0.481 e. The summed E-state index contributed by atoms with van der Waals surface area (Å²) < 4.78 is 0. The lowest BCUT2D eigenvalue weighted by molar-refractivity contribution is -0.152. The molecular weight excluding hydrogens is 232 g/mol. The van der Waals surface area contributed by atoms with Crippen molar-refractivity contribution < 1.29 is 9.90 Å². The van der Waals surface area contributed by atoms with Crippen LogP contribution in [0.15, 0.2) is 0 Å². The minimum absolute atomic E-state index is 0.402. The Morgan fingerprint density at radius 3 is 2.41 bits per heavy atom. The molecule has 100 valence electrons. The molecule has 1 aliphatic carbocycles. The summed E-state index contributed by atoms with van der Waals surface area (Å²) in [6.07, 6.45) is 7.97. The molecule has 1 aliphatic rings. The molecule has 0 spiro atoms. The Balaban J connectivity index is 2.54. The predicted molar refractivity (Wildman–Crippen MR) is 74.5 cm³/mol. The van der Waals surface area contributed by atoms with Crippen molar-refractivity contribution in [2.24, 2.45) is 17.3 Å². The molecule has 1 saturated carbocycles. The molecule has 0 bridgehead atoms. The third kappa shape index (κ3) is 3.90. The maximum absolute atomic E-state index is 11.5. The van der Waals surface area contributed by atoms with E-state index in [0.717, 1.165) is 50.2 Å². The number of carboxylic acid groups (broad SMARTS) is 1. The van der Waals surface area contributed by atoms with Gasteiger partial charge in [-0.15, -0.1) is 0 Å². The van der Waals surface area contributed by atoms with Gasteiger partial charge in [0.05, 0.1) is 5.41 Å². The van der Waals surface area contributed by atoms with Gasteiger partial charge in [0, 0.05) is 0 Å². The molecule has 0 atom stereocenters. The average Bonchev–Trinajstić information content (AvgIpc) is 2.29. The van der Waals surface area contributed by atoms with Crippen LogP contribution in [0, 0.1) is 17.3 Å². The van der Waals surface area contributed by atoms with Gasteiger partial charge in [-0.2, -0.15) is 11.8 Å². The van der Waals surface area contributed by atoms with Gasteiger partial charge in [-0.3, -0.25) is 4.79 Å². The molecule has 1 rings (SSSR count). The third-order valence-corrected chi connectivity index (χ3v) is 5.08. The van der Waals surface area contributed by atoms with Crippen LogP contribution in [-0.2, 0) is 4.79 Å². The van der Waals surface area contributed by atoms with Crippen LogP contribution in [-0.4, -0.2) is 23.1 Å². The molecule has 1 fully saturated rings. The summed E-state index contributed by atoms with van der Waals surface area (Å²) >= 11 is 1.81. The van der Waals surface area contributed by atoms with E-state index in [9.17, 15) is 9.90 Å². The first kappa shape index (κ1) is 14.9. The smallest absolute Gasteiger partial charge is 0.309 e. The topological polar surface area (TPSA) is 37.3 Å². The lowest BCUT2D eigenvalue weighted by Crippen LogP contribution is -2.36. The van der Waals surface area contributed by atoms with Crippen LogP contribution in [0.5, 0.6) is 0 Å². The molecule has 0 aromatic carbocycles. The van der Waals surface area contributed by atoms with Gasteiger partial charge in [0.1, 0.15) is 0 Å². The molecule has 1 N–H and O–H groups in total. The van der Waals surface area contributed by atoms with E-state index in [-0.39, 0.29) is 0 Å². The first-order chi connectivity index (χ1) is 8.02. The summed E-state index contributed by atoms with van der Waals surface area (Å²) in [4.78, 5) is 11.5. The summed E-state index contributed by atoms with van der Waals surface area (Å²) in [5.74, 6) is 1.97. The fourth-order valence-electron chi connectivity index (χ4n) is 2.99. The zero-order valence-corrected chi connectivity index (χ0v) is 12.2. The molecule has 0 aromatic heterocycles. The number of hydrogen-bond donors (Lipinski definition) is 1. The van der Waals surface area contributed by atoms with E-state index in [1.807, 2.05) is 11.8 Å². The number of hydrogen-bond acceptors (Lipinski definition) is 2. The summed E-state index contributed by atoms with van der Waals surface area (Å²) in [5.41, 5.74) is -0.402. The van der Waals surface area contributed by atoms with Crippen molar-refractivity contribution in [3.63, 3.8) is 0 Å². The predicted octanol–water partition coefficient (Wildman–Crippen LogP) is 4.05. The van der Waals surface area contributed by atoms with Crippen molar-refractivity contribution in [1.82, 2.24) is 0 Å². The zero-order valence-electron chi connectivity index (χ0n) is 11.4. The Kier molecular flexibility index (Phi) is 5.84. The quantitative estimate of drug-likeness (QED) is 0.730. The van der Waals surface area contributed by atoms with Crippen molar-refractivity contribution in [1.29, 1.82) is 0 Å². The highest BCUT2D eigenvalue weighted by atomic mass is 32.2. The Hall–Kier alpha value is -0.180. The largest absolute Gasteiger partial charge is 0.481 e. The monoisotopic (exact) mass is 258 g/mol. The van der Waals surface area contributed by atoms with Gasteiger partial charge in [-0.1, -0.05) is 13.8 Å². The van der Waals surface area contributed by atoms with Crippen LogP contribution in [0.2, 0.25) is 0 Å².